The molecule has 1 aromatic rings. The van der Waals surface area contributed by atoms with E-state index in [4.69, 9.17) is 9.84 Å². The molecule has 0 saturated carbocycles. The largest absolute Gasteiger partial charge is 0.481 e. The summed E-state index contributed by atoms with van der Waals surface area (Å²) in [5.41, 5.74) is 0.874. The second-order valence-electron chi connectivity index (χ2n) is 4.52. The van der Waals surface area contributed by atoms with Crippen LogP contribution in [0.3, 0.4) is 0 Å². The first kappa shape index (κ1) is 15.4. The van der Waals surface area contributed by atoms with Crippen molar-refractivity contribution in [2.24, 2.45) is 0 Å². The Morgan fingerprint density at radius 3 is 2.89 bits per heavy atom. The van der Waals surface area contributed by atoms with Gasteiger partial charge < -0.3 is 20.3 Å². The van der Waals surface area contributed by atoms with Gasteiger partial charge in [-0.3, -0.25) is 4.79 Å². The van der Waals surface area contributed by atoms with Gasteiger partial charge in [-0.05, 0) is 19.9 Å². The number of aliphatic hydroxyl groups excluding tert-OH is 1. The lowest BCUT2D eigenvalue weighted by Crippen LogP contribution is -2.28. The number of carboxylic acid groups (broad SMARTS) is 1. The molecule has 0 aliphatic carbocycles. The molecule has 0 saturated heterocycles. The number of pyridine rings is 1. The Kier molecular flexibility index (Phi) is 6.24. The first-order chi connectivity index (χ1) is 8.99. The number of hydrogen-bond donors (Lipinski definition) is 3. The number of ether oxygens (including phenoxy) is 1. The van der Waals surface area contributed by atoms with Crippen molar-refractivity contribution in [2.75, 3.05) is 6.54 Å². The van der Waals surface area contributed by atoms with Gasteiger partial charge in [0.15, 0.2) is 0 Å². The predicted octanol–water partition coefficient (Wildman–Crippen LogP) is 0.794. The van der Waals surface area contributed by atoms with E-state index in [-0.39, 0.29) is 19.1 Å². The lowest BCUT2D eigenvalue weighted by Gasteiger charge is -2.14. The fourth-order valence-corrected chi connectivity index (χ4v) is 1.54. The van der Waals surface area contributed by atoms with E-state index in [2.05, 4.69) is 10.3 Å². The number of nitrogens with zero attached hydrogens (tertiary/aromatic N) is 1. The highest BCUT2D eigenvalue weighted by molar-refractivity contribution is 5.67. The summed E-state index contributed by atoms with van der Waals surface area (Å²) in [6.07, 6.45) is 0.519. The molecule has 19 heavy (non-hydrogen) atoms. The minimum Gasteiger partial charge on any atom is -0.481 e. The molecule has 1 aromatic heterocycles. The summed E-state index contributed by atoms with van der Waals surface area (Å²) >= 11 is 0. The second-order valence-corrected chi connectivity index (χ2v) is 4.52. The number of aromatic nitrogens is 1. The van der Waals surface area contributed by atoms with Gasteiger partial charge >= 0.3 is 5.97 Å². The Bertz CT molecular complexity index is 409. The first-order valence-electron chi connectivity index (χ1n) is 6.20. The van der Waals surface area contributed by atoms with Crippen molar-refractivity contribution >= 4 is 5.97 Å². The van der Waals surface area contributed by atoms with Gasteiger partial charge in [-0.25, -0.2) is 4.98 Å². The van der Waals surface area contributed by atoms with E-state index in [0.717, 1.165) is 5.56 Å². The van der Waals surface area contributed by atoms with Crippen LogP contribution in [0.1, 0.15) is 25.8 Å². The fraction of sp³-hybridized carbons (Fsp3) is 0.538. The van der Waals surface area contributed by atoms with E-state index >= 15 is 0 Å². The highest BCUT2D eigenvalue weighted by atomic mass is 16.5. The molecule has 0 amide bonds. The highest BCUT2D eigenvalue weighted by Crippen LogP contribution is 2.15. The standard InChI is InChI=1S/C13H20N2O4/c1-9(2)19-13-10(4-3-5-15-13)7-14-8-11(16)6-12(17)18/h3-5,9,11,14,16H,6-8H2,1-2H3,(H,17,18). The Morgan fingerprint density at radius 2 is 2.26 bits per heavy atom. The fourth-order valence-electron chi connectivity index (χ4n) is 1.54. The summed E-state index contributed by atoms with van der Waals surface area (Å²) in [4.78, 5) is 14.5. The highest BCUT2D eigenvalue weighted by Gasteiger charge is 2.10. The van der Waals surface area contributed by atoms with E-state index < -0.39 is 12.1 Å². The van der Waals surface area contributed by atoms with E-state index in [9.17, 15) is 9.90 Å². The first-order valence-corrected chi connectivity index (χ1v) is 6.20. The normalized spacial score (nSPS) is 12.4. The van der Waals surface area contributed by atoms with Gasteiger partial charge in [0.25, 0.3) is 0 Å². The zero-order valence-corrected chi connectivity index (χ0v) is 11.2. The van der Waals surface area contributed by atoms with Gasteiger partial charge in [0.1, 0.15) is 0 Å². The maximum Gasteiger partial charge on any atom is 0.306 e. The number of carbonyl (C=O) groups is 1. The average Bonchev–Trinajstić information content (AvgIpc) is 2.29. The van der Waals surface area contributed by atoms with Crippen molar-refractivity contribution < 1.29 is 19.7 Å². The molecule has 0 aliphatic heterocycles. The molecule has 0 spiro atoms. The van der Waals surface area contributed by atoms with Crippen LogP contribution >= 0.6 is 0 Å². The molecule has 6 heteroatoms. The quantitative estimate of drug-likeness (QED) is 0.646. The molecule has 0 bridgehead atoms. The molecule has 6 nitrogen and oxygen atoms in total. The van der Waals surface area contributed by atoms with Gasteiger partial charge in [0, 0.05) is 24.8 Å². The van der Waals surface area contributed by atoms with Crippen LogP contribution in [0.4, 0.5) is 0 Å². The Labute approximate surface area is 112 Å². The molecule has 1 heterocycles. The van der Waals surface area contributed by atoms with E-state index in [0.29, 0.717) is 12.4 Å². The van der Waals surface area contributed by atoms with Crippen LogP contribution in [0, 0.1) is 0 Å². The zero-order chi connectivity index (χ0) is 14.3. The maximum atomic E-state index is 10.4. The Balaban J connectivity index is 2.46. The van der Waals surface area contributed by atoms with Crippen molar-refractivity contribution in [1.29, 1.82) is 0 Å². The topological polar surface area (TPSA) is 91.7 Å². The van der Waals surface area contributed by atoms with Crippen LogP contribution in [0.5, 0.6) is 5.88 Å². The molecule has 1 unspecified atom stereocenters. The smallest absolute Gasteiger partial charge is 0.306 e. The van der Waals surface area contributed by atoms with Crippen molar-refractivity contribution in [3.8, 4) is 5.88 Å². The number of hydrogen-bond acceptors (Lipinski definition) is 5. The summed E-state index contributed by atoms with van der Waals surface area (Å²) in [6.45, 7) is 4.51. The molecule has 1 atom stereocenters. The van der Waals surface area contributed by atoms with E-state index in [1.807, 2.05) is 19.9 Å². The molecule has 0 radical (unpaired) electrons. The minimum atomic E-state index is -1.01. The van der Waals surface area contributed by atoms with Crippen molar-refractivity contribution in [1.82, 2.24) is 10.3 Å². The molecular weight excluding hydrogens is 248 g/mol. The van der Waals surface area contributed by atoms with Crippen LogP contribution in [-0.2, 0) is 11.3 Å². The van der Waals surface area contributed by atoms with Gasteiger partial charge in [0.05, 0.1) is 18.6 Å². The van der Waals surface area contributed by atoms with Gasteiger partial charge in [-0.2, -0.15) is 0 Å². The van der Waals surface area contributed by atoms with Crippen molar-refractivity contribution in [3.05, 3.63) is 23.9 Å². The molecule has 0 aliphatic rings. The van der Waals surface area contributed by atoms with Crippen LogP contribution in [-0.4, -0.2) is 39.9 Å². The zero-order valence-electron chi connectivity index (χ0n) is 11.2. The van der Waals surface area contributed by atoms with Crippen LogP contribution in [0.2, 0.25) is 0 Å². The summed E-state index contributed by atoms with van der Waals surface area (Å²) in [6, 6.07) is 3.68. The third-order valence-electron chi connectivity index (χ3n) is 2.30. The SMILES string of the molecule is CC(C)Oc1ncccc1CNCC(O)CC(=O)O. The summed E-state index contributed by atoms with van der Waals surface area (Å²) in [5, 5.41) is 20.9. The van der Waals surface area contributed by atoms with Gasteiger partial charge in [-0.1, -0.05) is 6.07 Å². The molecule has 0 fully saturated rings. The summed E-state index contributed by atoms with van der Waals surface area (Å²) in [5.74, 6) is -0.461. The van der Waals surface area contributed by atoms with Crippen molar-refractivity contribution in [3.63, 3.8) is 0 Å². The second kappa shape index (κ2) is 7.70. The molecule has 0 aromatic carbocycles. The molecular formula is C13H20N2O4. The number of aliphatic carboxylic acids is 1. The Morgan fingerprint density at radius 1 is 1.53 bits per heavy atom. The summed E-state index contributed by atoms with van der Waals surface area (Å²) < 4.78 is 5.56. The van der Waals surface area contributed by atoms with Crippen molar-refractivity contribution in [2.45, 2.75) is 39.0 Å². The number of rotatable bonds is 8. The lowest BCUT2D eigenvalue weighted by molar-refractivity contribution is -0.139. The minimum absolute atomic E-state index is 0.0336. The number of carboxylic acids is 1. The van der Waals surface area contributed by atoms with E-state index in [1.54, 1.807) is 12.3 Å². The number of aliphatic hydroxyl groups is 1. The van der Waals surface area contributed by atoms with Gasteiger partial charge in [-0.15, -0.1) is 0 Å². The third kappa shape index (κ3) is 6.17. The molecule has 106 valence electrons. The maximum absolute atomic E-state index is 10.4. The third-order valence-corrected chi connectivity index (χ3v) is 2.30. The Hall–Kier alpha value is -1.66. The molecule has 3 N–H and O–H groups in total. The van der Waals surface area contributed by atoms with Crippen LogP contribution in [0.25, 0.3) is 0 Å². The van der Waals surface area contributed by atoms with Gasteiger partial charge in [0.2, 0.25) is 5.88 Å². The van der Waals surface area contributed by atoms with Crippen LogP contribution < -0.4 is 10.1 Å². The van der Waals surface area contributed by atoms with E-state index in [1.165, 1.54) is 0 Å². The monoisotopic (exact) mass is 268 g/mol. The number of nitrogens with one attached hydrogen (secondary N) is 1. The predicted molar refractivity (Wildman–Crippen MR) is 70.0 cm³/mol. The lowest BCUT2D eigenvalue weighted by atomic mass is 10.2. The average molecular weight is 268 g/mol. The summed E-state index contributed by atoms with van der Waals surface area (Å²) in [7, 11) is 0. The van der Waals surface area contributed by atoms with Crippen LogP contribution in [0.15, 0.2) is 18.3 Å². The molecule has 1 rings (SSSR count).